The average molecular weight is 783 g/mol. The molecule has 0 N–H and O–H groups in total. The van der Waals surface area contributed by atoms with Gasteiger partial charge in [-0.05, 0) is 83.5 Å². The Morgan fingerprint density at radius 3 is 1.30 bits per heavy atom. The second-order valence-electron chi connectivity index (χ2n) is 15.7. The van der Waals surface area contributed by atoms with Gasteiger partial charge in [0.1, 0.15) is 6.61 Å². The van der Waals surface area contributed by atoms with E-state index in [0.29, 0.717) is 19.4 Å². The highest BCUT2D eigenvalue weighted by molar-refractivity contribution is 5.70. The van der Waals surface area contributed by atoms with Crippen LogP contribution in [0, 0.1) is 0 Å². The smallest absolute Gasteiger partial charge is 0.306 e. The standard InChI is InChI=1S/C51H90O5/c1-4-7-10-13-16-18-20-22-24-25-26-27-28-29-31-33-36-38-41-44-50(52)55-48-49(56-51(53)45-42-39-35-15-12-9-6-3)47-54-46-43-40-37-34-32-30-23-21-19-17-14-11-8-5-2/h11,14,16,18-19,21-22,24,26-27,49H,4-10,12-13,15,17,20,23,25,28-48H2,1-3H3/b14-11-,18-16-,21-19-,24-22-,27-26-. The molecule has 0 aliphatic carbocycles. The van der Waals surface area contributed by atoms with E-state index in [-0.39, 0.29) is 25.2 Å². The third-order valence-corrected chi connectivity index (χ3v) is 10.0. The molecule has 0 fully saturated rings. The van der Waals surface area contributed by atoms with Crippen LogP contribution in [0.1, 0.15) is 226 Å². The predicted molar refractivity (Wildman–Crippen MR) is 242 cm³/mol. The summed E-state index contributed by atoms with van der Waals surface area (Å²) >= 11 is 0. The first-order chi connectivity index (χ1) is 27.6. The predicted octanol–water partition coefficient (Wildman–Crippen LogP) is 15.8. The van der Waals surface area contributed by atoms with Gasteiger partial charge in [-0.2, -0.15) is 0 Å². The van der Waals surface area contributed by atoms with Crippen LogP contribution < -0.4 is 0 Å². The third-order valence-electron chi connectivity index (χ3n) is 10.0. The molecular weight excluding hydrogens is 693 g/mol. The van der Waals surface area contributed by atoms with Gasteiger partial charge >= 0.3 is 11.9 Å². The molecule has 0 aromatic rings. The molecule has 56 heavy (non-hydrogen) atoms. The van der Waals surface area contributed by atoms with E-state index >= 15 is 0 Å². The van der Waals surface area contributed by atoms with Gasteiger partial charge in [0.2, 0.25) is 0 Å². The number of hydrogen-bond donors (Lipinski definition) is 0. The molecule has 0 rings (SSSR count). The number of carbonyl (C=O) groups is 2. The van der Waals surface area contributed by atoms with E-state index in [9.17, 15) is 9.59 Å². The second-order valence-corrected chi connectivity index (χ2v) is 15.7. The molecule has 0 bridgehead atoms. The van der Waals surface area contributed by atoms with Crippen LogP contribution in [-0.2, 0) is 23.8 Å². The minimum Gasteiger partial charge on any atom is -0.462 e. The number of allylic oxidation sites excluding steroid dienone is 10. The van der Waals surface area contributed by atoms with Crippen LogP contribution in [0.15, 0.2) is 60.8 Å². The maximum Gasteiger partial charge on any atom is 0.306 e. The second kappa shape index (κ2) is 47.0. The molecule has 0 saturated heterocycles. The highest BCUT2D eigenvalue weighted by Gasteiger charge is 2.17. The quantitative estimate of drug-likeness (QED) is 0.0350. The summed E-state index contributed by atoms with van der Waals surface area (Å²) in [6, 6.07) is 0. The van der Waals surface area contributed by atoms with Gasteiger partial charge in [0.15, 0.2) is 6.10 Å². The molecule has 0 spiro atoms. The molecule has 0 aromatic carbocycles. The van der Waals surface area contributed by atoms with Crippen LogP contribution in [0.5, 0.6) is 0 Å². The van der Waals surface area contributed by atoms with Gasteiger partial charge in [-0.25, -0.2) is 0 Å². The monoisotopic (exact) mass is 783 g/mol. The summed E-state index contributed by atoms with van der Waals surface area (Å²) < 4.78 is 17.3. The lowest BCUT2D eigenvalue weighted by atomic mass is 10.1. The van der Waals surface area contributed by atoms with Gasteiger partial charge in [0.25, 0.3) is 0 Å². The van der Waals surface area contributed by atoms with Gasteiger partial charge in [-0.1, -0.05) is 191 Å². The Labute approximate surface area is 347 Å². The zero-order valence-corrected chi connectivity index (χ0v) is 37.1. The van der Waals surface area contributed by atoms with Gasteiger partial charge in [0.05, 0.1) is 6.61 Å². The van der Waals surface area contributed by atoms with Crippen molar-refractivity contribution in [1.29, 1.82) is 0 Å². The molecule has 0 amide bonds. The lowest BCUT2D eigenvalue weighted by Gasteiger charge is -2.18. The molecule has 0 aromatic heterocycles. The first kappa shape index (κ1) is 53.6. The fourth-order valence-electron chi connectivity index (χ4n) is 6.44. The summed E-state index contributed by atoms with van der Waals surface area (Å²) in [7, 11) is 0. The highest BCUT2D eigenvalue weighted by atomic mass is 16.6. The first-order valence-electron chi connectivity index (χ1n) is 23.8. The zero-order chi connectivity index (χ0) is 40.7. The highest BCUT2D eigenvalue weighted by Crippen LogP contribution is 2.13. The van der Waals surface area contributed by atoms with Crippen molar-refractivity contribution in [2.24, 2.45) is 0 Å². The Balaban J connectivity index is 4.16. The Morgan fingerprint density at radius 2 is 0.786 bits per heavy atom. The molecule has 0 heterocycles. The minimum absolute atomic E-state index is 0.0740. The molecule has 0 radical (unpaired) electrons. The van der Waals surface area contributed by atoms with E-state index < -0.39 is 6.10 Å². The number of carbonyl (C=O) groups excluding carboxylic acids is 2. The van der Waals surface area contributed by atoms with Crippen molar-refractivity contribution in [3.8, 4) is 0 Å². The van der Waals surface area contributed by atoms with E-state index in [1.807, 2.05) is 0 Å². The van der Waals surface area contributed by atoms with Crippen molar-refractivity contribution in [3.63, 3.8) is 0 Å². The first-order valence-corrected chi connectivity index (χ1v) is 23.8. The normalized spacial score (nSPS) is 12.7. The van der Waals surface area contributed by atoms with Gasteiger partial charge < -0.3 is 14.2 Å². The Hall–Kier alpha value is -2.40. The van der Waals surface area contributed by atoms with Gasteiger partial charge in [0, 0.05) is 19.4 Å². The Morgan fingerprint density at radius 1 is 0.393 bits per heavy atom. The molecule has 0 saturated carbocycles. The van der Waals surface area contributed by atoms with Gasteiger partial charge in [-0.3, -0.25) is 9.59 Å². The maximum atomic E-state index is 12.6. The van der Waals surface area contributed by atoms with Crippen molar-refractivity contribution < 1.29 is 23.8 Å². The fraction of sp³-hybridized carbons (Fsp3) is 0.765. The van der Waals surface area contributed by atoms with Crippen LogP contribution in [-0.4, -0.2) is 37.9 Å². The van der Waals surface area contributed by atoms with Gasteiger partial charge in [-0.15, -0.1) is 0 Å². The average Bonchev–Trinajstić information content (AvgIpc) is 3.20. The largest absolute Gasteiger partial charge is 0.462 e. The van der Waals surface area contributed by atoms with E-state index in [2.05, 4.69) is 81.5 Å². The van der Waals surface area contributed by atoms with Crippen LogP contribution in [0.25, 0.3) is 0 Å². The summed E-state index contributed by atoms with van der Waals surface area (Å²) in [6.45, 7) is 7.67. The van der Waals surface area contributed by atoms with Crippen molar-refractivity contribution in [2.75, 3.05) is 19.8 Å². The Kier molecular flexibility index (Phi) is 45.0. The molecule has 324 valence electrons. The molecule has 5 nitrogen and oxygen atoms in total. The number of rotatable bonds is 43. The molecule has 1 unspecified atom stereocenters. The minimum atomic E-state index is -0.543. The van der Waals surface area contributed by atoms with Crippen molar-refractivity contribution in [3.05, 3.63) is 60.8 Å². The summed E-state index contributed by atoms with van der Waals surface area (Å²) in [5.74, 6) is -0.422. The van der Waals surface area contributed by atoms with E-state index in [1.165, 1.54) is 122 Å². The number of hydrogen-bond acceptors (Lipinski definition) is 5. The van der Waals surface area contributed by atoms with Crippen LogP contribution >= 0.6 is 0 Å². The lowest BCUT2D eigenvalue weighted by molar-refractivity contribution is -0.163. The fourth-order valence-corrected chi connectivity index (χ4v) is 6.44. The molecule has 1 atom stereocenters. The number of ether oxygens (including phenoxy) is 3. The van der Waals surface area contributed by atoms with Crippen molar-refractivity contribution in [1.82, 2.24) is 0 Å². The summed E-state index contributed by atoms with van der Waals surface area (Å²) in [6.07, 6.45) is 58.0. The van der Waals surface area contributed by atoms with Crippen LogP contribution in [0.2, 0.25) is 0 Å². The van der Waals surface area contributed by atoms with E-state index in [0.717, 1.165) is 70.6 Å². The molecule has 0 aliphatic rings. The van der Waals surface area contributed by atoms with E-state index in [1.54, 1.807) is 0 Å². The SMILES string of the molecule is CCC/C=C\C/C=C\CCCCCCCCOCC(COC(=O)CCCCCCCC/C=C\C/C=C\C/C=C\CCCCC)OC(=O)CCCCCCCCC. The topological polar surface area (TPSA) is 61.8 Å². The van der Waals surface area contributed by atoms with E-state index in [4.69, 9.17) is 14.2 Å². The molecule has 0 aliphatic heterocycles. The Bertz CT molecular complexity index is 977. The maximum absolute atomic E-state index is 12.6. The number of unbranched alkanes of at least 4 members (excludes halogenated alkanes) is 22. The van der Waals surface area contributed by atoms with Crippen molar-refractivity contribution in [2.45, 2.75) is 232 Å². The number of esters is 2. The lowest BCUT2D eigenvalue weighted by Crippen LogP contribution is -2.30. The van der Waals surface area contributed by atoms with Crippen molar-refractivity contribution >= 4 is 11.9 Å². The molecule has 5 heteroatoms. The van der Waals surface area contributed by atoms with Crippen LogP contribution in [0.3, 0.4) is 0 Å². The summed E-state index contributed by atoms with van der Waals surface area (Å²) in [4.78, 5) is 25.2. The van der Waals surface area contributed by atoms with Crippen LogP contribution in [0.4, 0.5) is 0 Å². The summed E-state index contributed by atoms with van der Waals surface area (Å²) in [5.41, 5.74) is 0. The summed E-state index contributed by atoms with van der Waals surface area (Å²) in [5, 5.41) is 0. The molecular formula is C51H90O5. The third kappa shape index (κ3) is 44.3. The zero-order valence-electron chi connectivity index (χ0n) is 37.1.